The summed E-state index contributed by atoms with van der Waals surface area (Å²) in [5.41, 5.74) is 1.36. The van der Waals surface area contributed by atoms with Crippen molar-refractivity contribution in [2.45, 2.75) is 6.54 Å². The van der Waals surface area contributed by atoms with Crippen LogP contribution in [-0.2, 0) is 11.3 Å². The predicted octanol–water partition coefficient (Wildman–Crippen LogP) is 2.14. The number of rotatable bonds is 3. The first-order chi connectivity index (χ1) is 8.22. The van der Waals surface area contributed by atoms with Crippen LogP contribution in [0.15, 0.2) is 24.3 Å². The maximum absolute atomic E-state index is 11.6. The molecule has 0 aliphatic carbocycles. The van der Waals surface area contributed by atoms with E-state index in [9.17, 15) is 9.59 Å². The molecule has 0 aromatic heterocycles. The summed E-state index contributed by atoms with van der Waals surface area (Å²) >= 11 is 1.32. The van der Waals surface area contributed by atoms with Gasteiger partial charge in [-0.2, -0.15) is 0 Å². The highest BCUT2D eigenvalue weighted by molar-refractivity contribution is 8.13. The molecule has 1 heterocycles. The second kappa shape index (κ2) is 5.23. The molecule has 0 spiro atoms. The van der Waals surface area contributed by atoms with Crippen molar-refractivity contribution in [1.82, 2.24) is 4.90 Å². The van der Waals surface area contributed by atoms with E-state index in [-0.39, 0.29) is 11.2 Å². The van der Waals surface area contributed by atoms with Crippen molar-refractivity contribution in [3.05, 3.63) is 35.4 Å². The zero-order valence-corrected chi connectivity index (χ0v) is 10.3. The highest BCUT2D eigenvalue weighted by Gasteiger charge is 2.22. The summed E-state index contributed by atoms with van der Waals surface area (Å²) in [6.07, 6.45) is 0. The number of methoxy groups -OCH3 is 1. The Morgan fingerprint density at radius 2 is 2.24 bits per heavy atom. The first-order valence-electron chi connectivity index (χ1n) is 5.30. The summed E-state index contributed by atoms with van der Waals surface area (Å²) < 4.78 is 4.72. The number of amides is 1. The zero-order valence-electron chi connectivity index (χ0n) is 9.51. The smallest absolute Gasteiger partial charge is 0.338 e. The van der Waals surface area contributed by atoms with Crippen LogP contribution in [0.2, 0.25) is 0 Å². The minimum atomic E-state index is -0.361. The molecule has 90 valence electrons. The fourth-order valence-corrected chi connectivity index (χ4v) is 2.57. The Morgan fingerprint density at radius 1 is 1.47 bits per heavy atom. The highest BCUT2D eigenvalue weighted by Crippen LogP contribution is 2.21. The van der Waals surface area contributed by atoms with Crippen molar-refractivity contribution in [2.75, 3.05) is 19.4 Å². The highest BCUT2D eigenvalue weighted by atomic mass is 32.2. The van der Waals surface area contributed by atoms with E-state index in [1.807, 2.05) is 12.1 Å². The first-order valence-corrected chi connectivity index (χ1v) is 6.29. The number of hydrogen-bond donors (Lipinski definition) is 0. The van der Waals surface area contributed by atoms with Gasteiger partial charge >= 0.3 is 5.97 Å². The summed E-state index contributed by atoms with van der Waals surface area (Å²) in [5.74, 6) is 0.457. The number of carbonyl (C=O) groups excluding carboxylic acids is 2. The van der Waals surface area contributed by atoms with Gasteiger partial charge in [0.05, 0.1) is 12.7 Å². The number of carbonyl (C=O) groups is 2. The van der Waals surface area contributed by atoms with Crippen LogP contribution in [0.4, 0.5) is 4.79 Å². The molecule has 1 aromatic rings. The summed E-state index contributed by atoms with van der Waals surface area (Å²) in [4.78, 5) is 24.8. The molecular formula is C12H13NO3S. The van der Waals surface area contributed by atoms with Gasteiger partial charge in [0, 0.05) is 18.8 Å². The molecular weight excluding hydrogens is 238 g/mol. The van der Waals surface area contributed by atoms with Gasteiger partial charge in [-0.3, -0.25) is 4.79 Å². The van der Waals surface area contributed by atoms with Crippen LogP contribution in [-0.4, -0.2) is 35.5 Å². The minimum Gasteiger partial charge on any atom is -0.465 e. The van der Waals surface area contributed by atoms with Crippen LogP contribution < -0.4 is 0 Å². The van der Waals surface area contributed by atoms with E-state index in [1.165, 1.54) is 18.9 Å². The molecule has 2 rings (SSSR count). The van der Waals surface area contributed by atoms with Crippen LogP contribution in [0, 0.1) is 0 Å². The van der Waals surface area contributed by atoms with Gasteiger partial charge in [0.25, 0.3) is 5.24 Å². The number of benzene rings is 1. The number of hydrogen-bond acceptors (Lipinski definition) is 4. The predicted molar refractivity (Wildman–Crippen MR) is 66.0 cm³/mol. The fourth-order valence-electron chi connectivity index (χ4n) is 1.74. The van der Waals surface area contributed by atoms with E-state index >= 15 is 0 Å². The third-order valence-electron chi connectivity index (χ3n) is 2.63. The van der Waals surface area contributed by atoms with Crippen LogP contribution in [0.3, 0.4) is 0 Å². The third kappa shape index (κ3) is 2.61. The molecule has 1 aliphatic heterocycles. The molecule has 1 aromatic carbocycles. The van der Waals surface area contributed by atoms with Gasteiger partial charge in [-0.1, -0.05) is 30.0 Å². The molecule has 5 heteroatoms. The van der Waals surface area contributed by atoms with Crippen LogP contribution in [0.1, 0.15) is 15.9 Å². The van der Waals surface area contributed by atoms with Crippen molar-refractivity contribution in [1.29, 1.82) is 0 Å². The maximum Gasteiger partial charge on any atom is 0.338 e. The fraction of sp³-hybridized carbons (Fsp3) is 0.333. The Balaban J connectivity index is 2.20. The molecule has 1 fully saturated rings. The molecule has 17 heavy (non-hydrogen) atoms. The van der Waals surface area contributed by atoms with Gasteiger partial charge in [0.2, 0.25) is 0 Å². The lowest BCUT2D eigenvalue weighted by atomic mass is 10.1. The Morgan fingerprint density at radius 3 is 2.88 bits per heavy atom. The third-order valence-corrected chi connectivity index (χ3v) is 3.52. The van der Waals surface area contributed by atoms with Gasteiger partial charge in [-0.15, -0.1) is 0 Å². The lowest BCUT2D eigenvalue weighted by molar-refractivity contribution is 0.0598. The summed E-state index contributed by atoms with van der Waals surface area (Å²) in [6, 6.07) is 7.21. The molecule has 1 amide bonds. The first kappa shape index (κ1) is 12.0. The van der Waals surface area contributed by atoms with Gasteiger partial charge in [-0.05, 0) is 11.6 Å². The monoisotopic (exact) mass is 251 g/mol. The van der Waals surface area contributed by atoms with Gasteiger partial charge in [0.1, 0.15) is 0 Å². The summed E-state index contributed by atoms with van der Waals surface area (Å²) in [6.45, 7) is 1.20. The van der Waals surface area contributed by atoms with Gasteiger partial charge in [0.15, 0.2) is 0 Å². The largest absolute Gasteiger partial charge is 0.465 e. The molecule has 1 aliphatic rings. The van der Waals surface area contributed by atoms with E-state index in [2.05, 4.69) is 0 Å². The molecule has 1 saturated heterocycles. The summed E-state index contributed by atoms with van der Waals surface area (Å²) in [7, 11) is 1.36. The quantitative estimate of drug-likeness (QED) is 0.772. The van der Waals surface area contributed by atoms with E-state index in [4.69, 9.17) is 4.74 Å². The molecule has 0 unspecified atom stereocenters. The molecule has 4 nitrogen and oxygen atoms in total. The van der Waals surface area contributed by atoms with Crippen molar-refractivity contribution in [2.24, 2.45) is 0 Å². The van der Waals surface area contributed by atoms with E-state index in [0.29, 0.717) is 12.1 Å². The summed E-state index contributed by atoms with van der Waals surface area (Å²) in [5, 5.41) is 0.0738. The SMILES string of the molecule is COC(=O)c1ccccc1CN1CCSC1=O. The Labute approximate surface area is 104 Å². The second-order valence-electron chi connectivity index (χ2n) is 3.68. The number of esters is 1. The molecule has 0 radical (unpaired) electrons. The van der Waals surface area contributed by atoms with E-state index < -0.39 is 0 Å². The second-order valence-corrected chi connectivity index (χ2v) is 4.73. The lowest BCUT2D eigenvalue weighted by Crippen LogP contribution is -2.23. The van der Waals surface area contributed by atoms with Crippen molar-refractivity contribution in [3.63, 3.8) is 0 Å². The minimum absolute atomic E-state index is 0.0738. The van der Waals surface area contributed by atoms with Crippen molar-refractivity contribution in [3.8, 4) is 0 Å². The molecule has 0 bridgehead atoms. The number of nitrogens with zero attached hydrogens (tertiary/aromatic N) is 1. The topological polar surface area (TPSA) is 46.6 Å². The van der Waals surface area contributed by atoms with E-state index in [1.54, 1.807) is 17.0 Å². The standard InChI is InChI=1S/C12H13NO3S/c1-16-11(14)10-5-3-2-4-9(10)8-13-6-7-17-12(13)15/h2-5H,6-8H2,1H3. The Kier molecular flexibility index (Phi) is 3.68. The average molecular weight is 251 g/mol. The maximum atomic E-state index is 11.6. The van der Waals surface area contributed by atoms with Crippen molar-refractivity contribution < 1.29 is 14.3 Å². The number of thioether (sulfide) groups is 1. The van der Waals surface area contributed by atoms with E-state index in [0.717, 1.165) is 17.9 Å². The van der Waals surface area contributed by atoms with Crippen LogP contribution >= 0.6 is 11.8 Å². The Hall–Kier alpha value is -1.49. The molecule has 0 N–H and O–H groups in total. The van der Waals surface area contributed by atoms with Gasteiger partial charge < -0.3 is 9.64 Å². The Bertz CT molecular complexity index is 447. The normalized spacial score (nSPS) is 15.1. The van der Waals surface area contributed by atoms with Crippen LogP contribution in [0.25, 0.3) is 0 Å². The average Bonchev–Trinajstić information content (AvgIpc) is 2.75. The zero-order chi connectivity index (χ0) is 12.3. The lowest BCUT2D eigenvalue weighted by Gasteiger charge is -2.16. The van der Waals surface area contributed by atoms with Gasteiger partial charge in [-0.25, -0.2) is 4.79 Å². The molecule has 0 atom stereocenters. The van der Waals surface area contributed by atoms with Crippen molar-refractivity contribution >= 4 is 23.0 Å². The molecule has 0 saturated carbocycles. The number of ether oxygens (including phenoxy) is 1. The van der Waals surface area contributed by atoms with Crippen LogP contribution in [0.5, 0.6) is 0 Å².